The van der Waals surface area contributed by atoms with Crippen LogP contribution in [-0.2, 0) is 27.5 Å². The minimum atomic E-state index is -0.921. The van der Waals surface area contributed by atoms with Gasteiger partial charge >= 0.3 is 0 Å². The molecule has 0 aliphatic rings. The van der Waals surface area contributed by atoms with Gasteiger partial charge in [-0.05, 0) is 86.3 Å². The molecule has 248 valence electrons. The zero-order valence-electron chi connectivity index (χ0n) is 26.3. The Morgan fingerprint density at radius 3 is 2.37 bits per heavy atom. The lowest BCUT2D eigenvalue weighted by molar-refractivity contribution is -0.136. The molecule has 1 unspecified atom stereocenters. The van der Waals surface area contributed by atoms with Crippen LogP contribution in [-0.4, -0.2) is 61.5 Å². The lowest BCUT2D eigenvalue weighted by Crippen LogP contribution is -2.57. The lowest BCUT2D eigenvalue weighted by atomic mass is 10.1. The molecule has 3 rings (SSSR count). The number of nitrogens with zero attached hydrogens (tertiary/aromatic N) is 1. The molecule has 0 fully saturated rings. The summed E-state index contributed by atoms with van der Waals surface area (Å²) in [5.74, 6) is -0.653. The van der Waals surface area contributed by atoms with Crippen molar-refractivity contribution in [3.05, 3.63) is 87.4 Å². The van der Waals surface area contributed by atoms with Crippen molar-refractivity contribution in [3.8, 4) is 0 Å². The van der Waals surface area contributed by atoms with E-state index in [0.29, 0.717) is 48.9 Å². The van der Waals surface area contributed by atoms with E-state index < -0.39 is 18.2 Å². The average molecular weight is 689 g/mol. The van der Waals surface area contributed by atoms with Gasteiger partial charge in [-0.25, -0.2) is 0 Å². The van der Waals surface area contributed by atoms with Crippen LogP contribution in [0, 0.1) is 6.92 Å². The summed E-state index contributed by atoms with van der Waals surface area (Å²) in [5, 5.41) is 13.4. The van der Waals surface area contributed by atoms with Crippen LogP contribution in [0.5, 0.6) is 0 Å². The van der Waals surface area contributed by atoms with Crippen molar-refractivity contribution >= 4 is 58.9 Å². The lowest BCUT2D eigenvalue weighted by Gasteiger charge is -2.31. The molecule has 0 heterocycles. The van der Waals surface area contributed by atoms with Gasteiger partial charge in [0.25, 0.3) is 0 Å². The minimum Gasteiger partial charge on any atom is -0.365 e. The fourth-order valence-corrected chi connectivity index (χ4v) is 6.11. The van der Waals surface area contributed by atoms with Crippen LogP contribution in [0.25, 0.3) is 0 Å². The highest BCUT2D eigenvalue weighted by Crippen LogP contribution is 2.34. The Morgan fingerprint density at radius 2 is 1.65 bits per heavy atom. The van der Waals surface area contributed by atoms with Gasteiger partial charge < -0.3 is 37.6 Å². The van der Waals surface area contributed by atoms with E-state index in [2.05, 4.69) is 21.3 Å². The number of nitrogens with two attached hydrogens (primary N) is 2. The number of aryl methyl sites for hydroxylation is 1. The van der Waals surface area contributed by atoms with Gasteiger partial charge in [0.05, 0.1) is 12.2 Å². The molecule has 10 nitrogen and oxygen atoms in total. The quantitative estimate of drug-likeness (QED) is 0.0857. The van der Waals surface area contributed by atoms with Crippen molar-refractivity contribution < 1.29 is 14.4 Å². The second kappa shape index (κ2) is 18.7. The predicted molar refractivity (Wildman–Crippen MR) is 187 cm³/mol. The van der Waals surface area contributed by atoms with Crippen LogP contribution in [0.15, 0.2) is 70.5 Å². The van der Waals surface area contributed by atoms with E-state index in [4.69, 9.17) is 34.7 Å². The van der Waals surface area contributed by atoms with Crippen LogP contribution in [0.4, 0.5) is 5.69 Å². The molecule has 3 aromatic rings. The third kappa shape index (κ3) is 10.9. The Morgan fingerprint density at radius 1 is 0.957 bits per heavy atom. The fraction of sp³-hybridized carbons (Fsp3) is 0.364. The first kappa shape index (κ1) is 37.1. The minimum absolute atomic E-state index is 0.0662. The van der Waals surface area contributed by atoms with Crippen molar-refractivity contribution in [3.63, 3.8) is 0 Å². The monoisotopic (exact) mass is 687 g/mol. The molecule has 0 saturated heterocycles. The molecular weight excluding hydrogens is 645 g/mol. The Balaban J connectivity index is 1.70. The SMILES string of the molecule is Cc1ccc(Cl)cc1NC(C)N(C)C(=O)[C@H](CN)NC(=O)[C@H](CCCN)NCc1ccccc1Sc1ccc(Cl)cc1CNC=O. The van der Waals surface area contributed by atoms with E-state index in [9.17, 15) is 14.4 Å². The van der Waals surface area contributed by atoms with Crippen molar-refractivity contribution in [2.75, 3.05) is 25.5 Å². The summed E-state index contributed by atoms with van der Waals surface area (Å²) in [6.07, 6.45) is 1.34. The highest BCUT2D eigenvalue weighted by atomic mass is 35.5. The highest BCUT2D eigenvalue weighted by molar-refractivity contribution is 7.99. The highest BCUT2D eigenvalue weighted by Gasteiger charge is 2.28. The fourth-order valence-electron chi connectivity index (χ4n) is 4.69. The number of hydrogen-bond acceptors (Lipinski definition) is 8. The molecule has 0 radical (unpaired) electrons. The zero-order valence-corrected chi connectivity index (χ0v) is 28.6. The molecular formula is C33H43Cl2N7O3S. The van der Waals surface area contributed by atoms with Gasteiger partial charge in [0.1, 0.15) is 6.04 Å². The molecule has 0 aliphatic heterocycles. The maximum absolute atomic E-state index is 13.5. The molecule has 0 bridgehead atoms. The first-order valence-corrected chi connectivity index (χ1v) is 16.6. The molecule has 0 spiro atoms. The van der Waals surface area contributed by atoms with Crippen LogP contribution >= 0.6 is 35.0 Å². The largest absolute Gasteiger partial charge is 0.365 e. The number of anilines is 1. The maximum Gasteiger partial charge on any atom is 0.247 e. The zero-order chi connectivity index (χ0) is 33.6. The van der Waals surface area contributed by atoms with Crippen molar-refractivity contribution in [2.24, 2.45) is 11.5 Å². The number of halogens is 2. The van der Waals surface area contributed by atoms with Crippen molar-refractivity contribution in [1.29, 1.82) is 0 Å². The molecule has 0 aliphatic carbocycles. The topological polar surface area (TPSA) is 155 Å². The van der Waals surface area contributed by atoms with Gasteiger partial charge in [0.2, 0.25) is 18.2 Å². The molecule has 13 heteroatoms. The Hall–Kier alpha value is -3.32. The summed E-state index contributed by atoms with van der Waals surface area (Å²) < 4.78 is 0. The number of rotatable bonds is 18. The van der Waals surface area contributed by atoms with Gasteiger partial charge in [-0.2, -0.15) is 0 Å². The second-order valence-corrected chi connectivity index (χ2v) is 12.8. The van der Waals surface area contributed by atoms with E-state index in [-0.39, 0.29) is 18.4 Å². The van der Waals surface area contributed by atoms with Gasteiger partial charge in [-0.3, -0.25) is 14.4 Å². The number of carbonyl (C=O) groups excluding carboxylic acids is 3. The standard InChI is InChI=1S/C33H43Cl2N7O3S/c1-21-10-11-26(35)16-28(21)40-22(2)42(3)33(45)29(17-37)41-32(44)27(8-6-14-36)39-19-23-7-4-5-9-30(23)46-31-13-12-25(34)15-24(31)18-38-20-43/h4-5,7,9-13,15-16,20,22,27,29,39-40H,6,8,14,17-19,36-37H2,1-3H3,(H,38,43)(H,41,44)/t22?,27-,29-/m0/s1. The van der Waals surface area contributed by atoms with Crippen LogP contribution in [0.3, 0.4) is 0 Å². The van der Waals surface area contributed by atoms with Crippen LogP contribution < -0.4 is 32.7 Å². The van der Waals surface area contributed by atoms with Crippen molar-refractivity contribution in [1.82, 2.24) is 20.9 Å². The van der Waals surface area contributed by atoms with Gasteiger partial charge in [0, 0.05) is 52.2 Å². The van der Waals surface area contributed by atoms with Crippen molar-refractivity contribution in [2.45, 2.75) is 67.8 Å². The van der Waals surface area contributed by atoms with Crippen LogP contribution in [0.1, 0.15) is 36.5 Å². The summed E-state index contributed by atoms with van der Waals surface area (Å²) in [5.41, 5.74) is 15.4. The average Bonchev–Trinajstić information content (AvgIpc) is 3.05. The predicted octanol–water partition coefficient (Wildman–Crippen LogP) is 4.26. The molecule has 3 amide bonds. The Labute approximate surface area is 285 Å². The Kier molecular flexibility index (Phi) is 15.1. The molecule has 8 N–H and O–H groups in total. The van der Waals surface area contributed by atoms with Crippen LogP contribution in [0.2, 0.25) is 10.0 Å². The first-order valence-electron chi connectivity index (χ1n) is 15.0. The van der Waals surface area contributed by atoms with Gasteiger partial charge in [-0.1, -0.05) is 59.2 Å². The third-order valence-electron chi connectivity index (χ3n) is 7.49. The maximum atomic E-state index is 13.5. The van der Waals surface area contributed by atoms with E-state index >= 15 is 0 Å². The number of carbonyl (C=O) groups is 3. The second-order valence-electron chi connectivity index (χ2n) is 10.9. The number of amides is 3. The number of benzene rings is 3. The summed E-state index contributed by atoms with van der Waals surface area (Å²) in [7, 11) is 1.66. The summed E-state index contributed by atoms with van der Waals surface area (Å²) in [6, 6.07) is 17.4. The summed E-state index contributed by atoms with van der Waals surface area (Å²) >= 11 is 13.9. The van der Waals surface area contributed by atoms with Gasteiger partial charge in [-0.15, -0.1) is 0 Å². The van der Waals surface area contributed by atoms with E-state index in [1.54, 1.807) is 30.9 Å². The first-order chi connectivity index (χ1) is 22.1. The molecule has 3 aromatic carbocycles. The van der Waals surface area contributed by atoms with Gasteiger partial charge in [0.15, 0.2) is 0 Å². The number of likely N-dealkylation sites (N-methyl/N-ethyl adjacent to an activating group) is 1. The third-order valence-corrected chi connectivity index (χ3v) is 9.19. The smallest absolute Gasteiger partial charge is 0.247 e. The summed E-state index contributed by atoms with van der Waals surface area (Å²) in [4.78, 5) is 41.3. The van der Waals surface area contributed by atoms with E-state index in [1.165, 1.54) is 4.90 Å². The number of hydrogen-bond donors (Lipinski definition) is 6. The number of nitrogens with one attached hydrogen (secondary N) is 4. The molecule has 3 atom stereocenters. The molecule has 46 heavy (non-hydrogen) atoms. The van der Waals surface area contributed by atoms with E-state index in [0.717, 1.165) is 32.2 Å². The Bertz CT molecular complexity index is 1480. The molecule has 0 aromatic heterocycles. The normalized spacial score (nSPS) is 12.9. The summed E-state index contributed by atoms with van der Waals surface area (Å²) in [6.45, 7) is 4.88. The molecule has 0 saturated carbocycles. The van der Waals surface area contributed by atoms with E-state index in [1.807, 2.05) is 62.4 Å².